The lowest BCUT2D eigenvalue weighted by Crippen LogP contribution is -2.50. The molecule has 0 radical (unpaired) electrons. The van der Waals surface area contributed by atoms with Crippen molar-refractivity contribution >= 4 is 23.4 Å². The molecular formula is C24H31ClN2O3. The molecule has 0 fully saturated rings. The van der Waals surface area contributed by atoms with E-state index in [0.29, 0.717) is 10.8 Å². The van der Waals surface area contributed by atoms with Gasteiger partial charge in [-0.2, -0.15) is 0 Å². The molecule has 6 heteroatoms. The Labute approximate surface area is 184 Å². The Kier molecular flexibility index (Phi) is 8.72. The molecule has 162 valence electrons. The van der Waals surface area contributed by atoms with Crippen LogP contribution in [0.2, 0.25) is 5.02 Å². The summed E-state index contributed by atoms with van der Waals surface area (Å²) >= 11 is 6.10. The van der Waals surface area contributed by atoms with Gasteiger partial charge in [0.25, 0.3) is 5.91 Å². The molecule has 0 bridgehead atoms. The Balaban J connectivity index is 2.18. The maximum Gasteiger partial charge on any atom is 0.261 e. The van der Waals surface area contributed by atoms with Crippen LogP contribution in [-0.4, -0.2) is 35.4 Å². The fourth-order valence-electron chi connectivity index (χ4n) is 3.06. The Morgan fingerprint density at radius 3 is 2.50 bits per heavy atom. The number of hydrogen-bond acceptors (Lipinski definition) is 3. The van der Waals surface area contributed by atoms with Crippen molar-refractivity contribution in [2.75, 3.05) is 6.61 Å². The number of ether oxygens (including phenoxy) is 1. The van der Waals surface area contributed by atoms with Gasteiger partial charge >= 0.3 is 0 Å². The van der Waals surface area contributed by atoms with Gasteiger partial charge in [-0.25, -0.2) is 0 Å². The Bertz CT molecular complexity index is 885. The second-order valence-electron chi connectivity index (χ2n) is 7.70. The van der Waals surface area contributed by atoms with Gasteiger partial charge in [0.05, 0.1) is 0 Å². The fraction of sp³-hybridized carbons (Fsp3) is 0.417. The molecule has 0 heterocycles. The molecule has 0 aliphatic heterocycles. The van der Waals surface area contributed by atoms with Crippen molar-refractivity contribution in [2.24, 2.45) is 0 Å². The van der Waals surface area contributed by atoms with E-state index in [-0.39, 0.29) is 31.0 Å². The van der Waals surface area contributed by atoms with E-state index < -0.39 is 6.04 Å². The maximum absolute atomic E-state index is 13.1. The van der Waals surface area contributed by atoms with Crippen LogP contribution >= 0.6 is 11.6 Å². The summed E-state index contributed by atoms with van der Waals surface area (Å²) in [5, 5.41) is 3.54. The standard InChI is InChI=1S/C24H31ClN2O3/c1-6-18(4)26-24(29)19(5)27(14-20-8-7-9-21(25)13-20)23(28)15-30-22-11-10-16(2)12-17(22)3/h7-13,18-19H,6,14-15H2,1-5H3,(H,26,29)/t18-,19-/m1/s1. The summed E-state index contributed by atoms with van der Waals surface area (Å²) < 4.78 is 5.78. The number of carbonyl (C=O) groups is 2. The average Bonchev–Trinajstić information content (AvgIpc) is 2.70. The normalized spacial score (nSPS) is 12.7. The summed E-state index contributed by atoms with van der Waals surface area (Å²) in [4.78, 5) is 27.3. The zero-order valence-corrected chi connectivity index (χ0v) is 19.1. The molecule has 0 unspecified atom stereocenters. The minimum atomic E-state index is -0.645. The van der Waals surface area contributed by atoms with Crippen LogP contribution in [0.4, 0.5) is 0 Å². The third-order valence-corrected chi connectivity index (χ3v) is 5.33. The van der Waals surface area contributed by atoms with Gasteiger partial charge in [-0.15, -0.1) is 0 Å². The molecule has 0 saturated heterocycles. The van der Waals surface area contributed by atoms with Gasteiger partial charge < -0.3 is 15.0 Å². The van der Waals surface area contributed by atoms with Crippen LogP contribution in [0.25, 0.3) is 0 Å². The number of rotatable bonds is 9. The van der Waals surface area contributed by atoms with Crippen molar-refractivity contribution in [3.63, 3.8) is 0 Å². The topological polar surface area (TPSA) is 58.6 Å². The first kappa shape index (κ1) is 23.7. The first-order valence-corrected chi connectivity index (χ1v) is 10.6. The lowest BCUT2D eigenvalue weighted by Gasteiger charge is -2.29. The predicted molar refractivity (Wildman–Crippen MR) is 121 cm³/mol. The molecule has 2 amide bonds. The molecule has 0 aliphatic rings. The van der Waals surface area contributed by atoms with Gasteiger partial charge in [0.1, 0.15) is 11.8 Å². The van der Waals surface area contributed by atoms with Crippen molar-refractivity contribution in [1.82, 2.24) is 10.2 Å². The van der Waals surface area contributed by atoms with Crippen LogP contribution in [0.1, 0.15) is 43.9 Å². The minimum Gasteiger partial charge on any atom is -0.483 e. The SMILES string of the molecule is CC[C@@H](C)NC(=O)[C@@H](C)N(Cc1cccc(Cl)c1)C(=O)COc1ccc(C)cc1C. The van der Waals surface area contributed by atoms with Crippen molar-refractivity contribution in [3.8, 4) is 5.75 Å². The number of nitrogens with zero attached hydrogens (tertiary/aromatic N) is 1. The van der Waals surface area contributed by atoms with Gasteiger partial charge in [-0.05, 0) is 63.4 Å². The van der Waals surface area contributed by atoms with Gasteiger partial charge in [-0.3, -0.25) is 9.59 Å². The predicted octanol–water partition coefficient (Wildman–Crippen LogP) is 4.67. The molecule has 2 aromatic carbocycles. The van der Waals surface area contributed by atoms with Crippen LogP contribution in [0.3, 0.4) is 0 Å². The number of benzene rings is 2. The summed E-state index contributed by atoms with van der Waals surface area (Å²) in [6.07, 6.45) is 0.816. The van der Waals surface area contributed by atoms with Crippen LogP contribution in [0, 0.1) is 13.8 Å². The molecule has 2 atom stereocenters. The summed E-state index contributed by atoms with van der Waals surface area (Å²) in [5.74, 6) is 0.210. The lowest BCUT2D eigenvalue weighted by molar-refractivity contribution is -0.142. The maximum atomic E-state index is 13.1. The third kappa shape index (κ3) is 6.77. The van der Waals surface area contributed by atoms with Crippen LogP contribution in [0.5, 0.6) is 5.75 Å². The van der Waals surface area contributed by atoms with E-state index in [4.69, 9.17) is 16.3 Å². The summed E-state index contributed by atoms with van der Waals surface area (Å²) in [6, 6.07) is 12.5. The summed E-state index contributed by atoms with van der Waals surface area (Å²) in [7, 11) is 0. The van der Waals surface area contributed by atoms with Crippen LogP contribution in [-0.2, 0) is 16.1 Å². The fourth-order valence-corrected chi connectivity index (χ4v) is 3.28. The van der Waals surface area contributed by atoms with E-state index in [9.17, 15) is 9.59 Å². The van der Waals surface area contributed by atoms with E-state index in [1.165, 1.54) is 4.90 Å². The number of hydrogen-bond donors (Lipinski definition) is 1. The molecule has 2 rings (SSSR count). The van der Waals surface area contributed by atoms with Gasteiger partial charge in [0, 0.05) is 17.6 Å². The quantitative estimate of drug-likeness (QED) is 0.629. The average molecular weight is 431 g/mol. The van der Waals surface area contributed by atoms with E-state index in [2.05, 4.69) is 5.32 Å². The second-order valence-corrected chi connectivity index (χ2v) is 8.14. The highest BCUT2D eigenvalue weighted by Crippen LogP contribution is 2.20. The molecule has 30 heavy (non-hydrogen) atoms. The molecule has 2 aromatic rings. The third-order valence-electron chi connectivity index (χ3n) is 5.09. The first-order chi connectivity index (χ1) is 14.2. The van der Waals surface area contributed by atoms with Gasteiger partial charge in [-0.1, -0.05) is 48.4 Å². The van der Waals surface area contributed by atoms with Crippen molar-refractivity contribution in [2.45, 2.75) is 59.7 Å². The van der Waals surface area contributed by atoms with E-state index in [1.807, 2.05) is 58.0 Å². The first-order valence-electron chi connectivity index (χ1n) is 10.3. The zero-order valence-electron chi connectivity index (χ0n) is 18.4. The molecule has 0 saturated carbocycles. The Morgan fingerprint density at radius 1 is 1.13 bits per heavy atom. The number of carbonyl (C=O) groups excluding carboxylic acids is 2. The zero-order chi connectivity index (χ0) is 22.3. The molecule has 1 N–H and O–H groups in total. The van der Waals surface area contributed by atoms with E-state index in [1.54, 1.807) is 19.1 Å². The van der Waals surface area contributed by atoms with Crippen molar-refractivity contribution < 1.29 is 14.3 Å². The van der Waals surface area contributed by atoms with E-state index >= 15 is 0 Å². The van der Waals surface area contributed by atoms with Crippen molar-refractivity contribution in [3.05, 3.63) is 64.2 Å². The van der Waals surface area contributed by atoms with Gasteiger partial charge in [0.2, 0.25) is 5.91 Å². The Morgan fingerprint density at radius 2 is 1.87 bits per heavy atom. The molecule has 5 nitrogen and oxygen atoms in total. The monoisotopic (exact) mass is 430 g/mol. The molecule has 0 spiro atoms. The van der Waals surface area contributed by atoms with Crippen molar-refractivity contribution in [1.29, 1.82) is 0 Å². The summed E-state index contributed by atoms with van der Waals surface area (Å²) in [6.45, 7) is 9.75. The minimum absolute atomic E-state index is 0.0366. The lowest BCUT2D eigenvalue weighted by atomic mass is 10.1. The molecule has 0 aromatic heterocycles. The number of nitrogens with one attached hydrogen (secondary N) is 1. The number of halogens is 1. The molecular weight excluding hydrogens is 400 g/mol. The number of amides is 2. The number of aryl methyl sites for hydroxylation is 2. The highest BCUT2D eigenvalue weighted by Gasteiger charge is 2.27. The largest absolute Gasteiger partial charge is 0.483 e. The Hall–Kier alpha value is -2.53. The molecule has 0 aliphatic carbocycles. The van der Waals surface area contributed by atoms with Crippen LogP contribution in [0.15, 0.2) is 42.5 Å². The van der Waals surface area contributed by atoms with Crippen LogP contribution < -0.4 is 10.1 Å². The highest BCUT2D eigenvalue weighted by molar-refractivity contribution is 6.30. The summed E-state index contributed by atoms with van der Waals surface area (Å²) in [5.41, 5.74) is 2.95. The highest BCUT2D eigenvalue weighted by atomic mass is 35.5. The van der Waals surface area contributed by atoms with Gasteiger partial charge in [0.15, 0.2) is 6.61 Å². The smallest absolute Gasteiger partial charge is 0.261 e. The second kappa shape index (κ2) is 11.0. The van der Waals surface area contributed by atoms with E-state index in [0.717, 1.165) is 23.1 Å².